The number of hydrogen-bond donors (Lipinski definition) is 1. The highest BCUT2D eigenvalue weighted by atomic mass is 35.5. The summed E-state index contributed by atoms with van der Waals surface area (Å²) in [4.78, 5) is 95.4. The van der Waals surface area contributed by atoms with Crippen LogP contribution in [0.2, 0.25) is 51.4 Å². The first kappa shape index (κ1) is 95.9. The summed E-state index contributed by atoms with van der Waals surface area (Å²) in [6.45, 7) is 45.6. The molecule has 0 amide bonds. The second-order valence-corrected chi connectivity index (χ2v) is 48.6. The maximum absolute atomic E-state index is 14.3. The van der Waals surface area contributed by atoms with E-state index in [1.54, 1.807) is 79.5 Å². The summed E-state index contributed by atoms with van der Waals surface area (Å²) in [6, 6.07) is 62.4. The molecule has 3 aliphatic heterocycles. The number of anilines is 3. The lowest BCUT2D eigenvalue weighted by atomic mass is 9.96. The SMILES string of the molecule is CN(C)C1CCN(c2ccc3c(c2)ncn3COCC[Si](C)(C)C)CC1.Cl.[C-]#[N+]c1ccc(C(=O)OC)cc1-c1cncc2ccccc12.[C-]#[N+]c1ccc(C(=O)c2nc3cc(N4CCC(N(C)C)CC4)ccc3n2COCC[Si](C)(C)C)cc1-c1cncc2ccccc12.[C-]#[N+]c1ccc(C(=O)c2nc3ccc(N4CCC(N(C)C)CC4)cc3[nH]2)cc1-c1cncc2ccccc12. The first-order valence-electron chi connectivity index (χ1n) is 45.3. The normalized spacial score (nSPS) is 14.0. The number of methoxy groups -OCH3 is 1. The number of ether oxygens (including phenoxy) is 3. The number of aromatic amines is 1. The Kier molecular flexibility index (Phi) is 31.0. The van der Waals surface area contributed by atoms with Crippen LogP contribution in [0.4, 0.5) is 34.1 Å². The molecule has 24 nitrogen and oxygen atoms in total. The fourth-order valence-electron chi connectivity index (χ4n) is 17.6. The van der Waals surface area contributed by atoms with E-state index >= 15 is 0 Å². The molecule has 27 heteroatoms. The number of halogens is 1. The molecule has 0 radical (unpaired) electrons. The first-order chi connectivity index (χ1) is 63.7. The fraction of sp³-hybridized carbons (Fsp3) is 0.321. The topological polar surface area (TPSA) is 214 Å². The van der Waals surface area contributed by atoms with Crippen molar-refractivity contribution in [3.63, 3.8) is 0 Å². The zero-order valence-electron chi connectivity index (χ0n) is 78.3. The zero-order valence-corrected chi connectivity index (χ0v) is 81.1. The highest BCUT2D eigenvalue weighted by Gasteiger charge is 2.29. The van der Waals surface area contributed by atoms with E-state index in [4.69, 9.17) is 38.9 Å². The van der Waals surface area contributed by atoms with Crippen molar-refractivity contribution in [2.75, 3.05) is 117 Å². The molecule has 9 heterocycles. The van der Waals surface area contributed by atoms with Crippen LogP contribution >= 0.6 is 12.4 Å². The van der Waals surface area contributed by atoms with Crippen LogP contribution in [0.25, 0.3) is 113 Å². The predicted octanol–water partition coefficient (Wildman–Crippen LogP) is 22.5. The summed E-state index contributed by atoms with van der Waals surface area (Å²) in [5, 5.41) is 5.91. The largest absolute Gasteiger partial charge is 0.465 e. The third kappa shape index (κ3) is 22.8. The van der Waals surface area contributed by atoms with Gasteiger partial charge >= 0.3 is 5.97 Å². The van der Waals surface area contributed by atoms with Gasteiger partial charge in [-0.05, 0) is 197 Å². The van der Waals surface area contributed by atoms with Gasteiger partial charge in [-0.3, -0.25) is 29.1 Å². The van der Waals surface area contributed by atoms with E-state index in [0.717, 1.165) is 171 Å². The number of H-pyrrole nitrogens is 1. The van der Waals surface area contributed by atoms with Gasteiger partial charge in [0.1, 0.15) is 13.5 Å². The molecule has 0 aliphatic carbocycles. The monoisotopic (exact) mass is 1830 g/mol. The van der Waals surface area contributed by atoms with Gasteiger partial charge in [0.25, 0.3) is 0 Å². The van der Waals surface area contributed by atoms with Crippen LogP contribution in [0.3, 0.4) is 0 Å². The van der Waals surface area contributed by atoms with E-state index in [9.17, 15) is 14.4 Å². The zero-order chi connectivity index (χ0) is 92.9. The third-order valence-electron chi connectivity index (χ3n) is 25.5. The molecule has 0 saturated carbocycles. The van der Waals surface area contributed by atoms with Crippen molar-refractivity contribution >= 4 is 146 Å². The smallest absolute Gasteiger partial charge is 0.337 e. The number of benzene rings is 9. The van der Waals surface area contributed by atoms with Gasteiger partial charge < -0.3 is 53.2 Å². The molecule has 15 aromatic rings. The highest BCUT2D eigenvalue weighted by molar-refractivity contribution is 6.76. The number of hydrogen-bond acceptors (Lipinski definition) is 18. The highest BCUT2D eigenvalue weighted by Crippen LogP contribution is 2.41. The number of ketones is 2. The Morgan fingerprint density at radius 3 is 1.27 bits per heavy atom. The molecule has 3 aliphatic rings. The summed E-state index contributed by atoms with van der Waals surface area (Å²) >= 11 is 0. The number of carbonyl (C=O) groups excluding carboxylic acids is 3. The van der Waals surface area contributed by atoms with Gasteiger partial charge in [-0.2, -0.15) is 0 Å². The number of imidazole rings is 3. The lowest BCUT2D eigenvalue weighted by Crippen LogP contribution is -2.41. The van der Waals surface area contributed by atoms with Crippen LogP contribution in [0, 0.1) is 19.7 Å². The average Bonchev–Trinajstić information content (AvgIpc) is 1.72. The molecule has 682 valence electrons. The Morgan fingerprint density at radius 2 is 0.835 bits per heavy atom. The number of aromatic nitrogens is 9. The number of rotatable bonds is 24. The Balaban J connectivity index is 0.000000148. The summed E-state index contributed by atoms with van der Waals surface area (Å²) in [5.74, 6) is -0.208. The minimum atomic E-state index is -1.28. The van der Waals surface area contributed by atoms with E-state index in [1.807, 2.05) is 102 Å². The first-order valence-corrected chi connectivity index (χ1v) is 52.7. The molecule has 6 aromatic heterocycles. The Labute approximate surface area is 787 Å². The molecule has 0 unspecified atom stereocenters. The quantitative estimate of drug-likeness (QED) is 0.0196. The molecule has 1 N–H and O–H groups in total. The van der Waals surface area contributed by atoms with Crippen molar-refractivity contribution in [2.45, 2.75) is 121 Å². The number of nitrogens with one attached hydrogen (secondary N) is 1. The lowest BCUT2D eigenvalue weighted by molar-refractivity contribution is 0.0600. The van der Waals surface area contributed by atoms with Gasteiger partial charge in [0.15, 0.2) is 28.7 Å². The van der Waals surface area contributed by atoms with Crippen LogP contribution in [0.5, 0.6) is 0 Å². The predicted molar refractivity (Wildman–Crippen MR) is 546 cm³/mol. The molecular weight excluding hydrogens is 1710 g/mol. The molecule has 18 rings (SSSR count). The van der Waals surface area contributed by atoms with E-state index < -0.39 is 22.1 Å². The third-order valence-corrected chi connectivity index (χ3v) is 28.9. The summed E-state index contributed by atoms with van der Waals surface area (Å²) < 4.78 is 20.9. The molecule has 0 bridgehead atoms. The van der Waals surface area contributed by atoms with Crippen LogP contribution in [-0.2, 0) is 27.7 Å². The molecule has 0 spiro atoms. The summed E-state index contributed by atoms with van der Waals surface area (Å²) in [7, 11) is 12.0. The molecule has 0 atom stereocenters. The van der Waals surface area contributed by atoms with Gasteiger partial charge in [0.2, 0.25) is 11.6 Å². The van der Waals surface area contributed by atoms with E-state index in [-0.39, 0.29) is 30.7 Å². The van der Waals surface area contributed by atoms with E-state index in [0.29, 0.717) is 93.6 Å². The number of esters is 1. The molecule has 9 aromatic carbocycles. The van der Waals surface area contributed by atoms with Gasteiger partial charge in [-0.25, -0.2) is 34.3 Å². The summed E-state index contributed by atoms with van der Waals surface area (Å²) in [5.41, 5.74) is 16.4. The molecular formula is C106H117ClN18O6Si2. The number of nitrogens with zero attached hydrogens (tertiary/aromatic N) is 17. The fourth-order valence-corrected chi connectivity index (χ4v) is 19.1. The number of pyridine rings is 3. The van der Waals surface area contributed by atoms with Gasteiger partial charge in [0, 0.05) is 168 Å². The van der Waals surface area contributed by atoms with Crippen LogP contribution in [-0.4, -0.2) is 212 Å². The van der Waals surface area contributed by atoms with Crippen LogP contribution in [0.1, 0.15) is 81.2 Å². The maximum atomic E-state index is 14.3. The van der Waals surface area contributed by atoms with E-state index in [2.05, 4.69) is 209 Å². The van der Waals surface area contributed by atoms with E-state index in [1.165, 1.54) is 31.7 Å². The van der Waals surface area contributed by atoms with Gasteiger partial charge in [0.05, 0.1) is 71.8 Å². The minimum absolute atomic E-state index is 0. The summed E-state index contributed by atoms with van der Waals surface area (Å²) in [6.07, 6.45) is 19.5. The van der Waals surface area contributed by atoms with Crippen molar-refractivity contribution in [1.29, 1.82) is 0 Å². The molecule has 133 heavy (non-hydrogen) atoms. The lowest BCUT2D eigenvalue weighted by Gasteiger charge is -2.36. The van der Waals surface area contributed by atoms with Crippen molar-refractivity contribution in [3.05, 3.63) is 288 Å². The van der Waals surface area contributed by atoms with Crippen LogP contribution in [0.15, 0.2) is 225 Å². The van der Waals surface area contributed by atoms with Gasteiger partial charge in [-0.15, -0.1) is 12.4 Å². The van der Waals surface area contributed by atoms with Crippen molar-refractivity contribution in [2.24, 2.45) is 0 Å². The average molecular weight is 1830 g/mol. The number of fused-ring (bicyclic) bond motifs is 6. The Bertz CT molecular complexity index is 6820. The van der Waals surface area contributed by atoms with Crippen LogP contribution < -0.4 is 14.7 Å². The van der Waals surface area contributed by atoms with Crippen molar-refractivity contribution in [1.82, 2.24) is 58.7 Å². The molecule has 3 fully saturated rings. The maximum Gasteiger partial charge on any atom is 0.337 e. The standard InChI is InChI=1S/C37H42N6O2Si.C31H28N6O.C20H34N4OSi.C18H12N2O2.ClH/c1-38-33-13-11-26(21-31(33)32-24-39-23-27-9-7-8-10-30(27)32)36(44)37-40-34-22-29(42-17-15-28(16-18-42)41(2)3)12-14-35(34)43(37)25-45-19-20-46(4,5)6;1-32-27-10-8-20(16-25(27)26-19-33-18-21-6-4-5-7-24(21)26)30(38)31-34-28-11-9-23(17-29(28)35-31)37-14-12-22(13-15-37)36(2)3;1-22(2)17-8-10-23(11-9-17)18-6-7-20-19(14-18)21-15-24(20)16-25-12-13-26(3,4)5;1-19-17-8-7-12(18(21)22-2)9-15(17)16-11-20-10-13-5-3-4-6-14(13)16;/h7-14,21-24,28H,15-20,25H2,2-6H3;4-11,16-19,22H,12-15H2,2-3H3,(H,34,35);6-7,14-15,17H,8-13,16H2,1-5H3;3-11H,2H3;1H. The van der Waals surface area contributed by atoms with Crippen molar-refractivity contribution in [3.8, 4) is 33.4 Å². The Morgan fingerprint density at radius 1 is 0.436 bits per heavy atom. The molecule has 3 saturated heterocycles. The number of carbonyl (C=O) groups is 3. The number of piperidine rings is 3. The minimum Gasteiger partial charge on any atom is -0.465 e. The Hall–Kier alpha value is -13.2. The second kappa shape index (κ2) is 43.0. The van der Waals surface area contributed by atoms with Gasteiger partial charge in [-0.1, -0.05) is 167 Å². The second-order valence-electron chi connectivity index (χ2n) is 37.4. The van der Waals surface area contributed by atoms with Crippen molar-refractivity contribution < 1.29 is 28.6 Å².